The SMILES string of the molecule is CNC(C)CNC(=O)c1ccc2c(c1)NC(=O)CCS2.Cl. The number of hydrogen-bond donors (Lipinski definition) is 3. The van der Waals surface area contributed by atoms with Gasteiger partial charge >= 0.3 is 0 Å². The molecule has 7 heteroatoms. The molecule has 2 amide bonds. The molecule has 2 rings (SSSR count). The number of rotatable bonds is 4. The summed E-state index contributed by atoms with van der Waals surface area (Å²) in [6, 6.07) is 5.64. The Morgan fingerprint density at radius 3 is 2.95 bits per heavy atom. The second-order valence-electron chi connectivity index (χ2n) is 4.76. The average Bonchev–Trinajstić information content (AvgIpc) is 2.63. The van der Waals surface area contributed by atoms with E-state index in [1.165, 1.54) is 0 Å². The molecule has 3 N–H and O–H groups in total. The van der Waals surface area contributed by atoms with Crippen LogP contribution < -0.4 is 16.0 Å². The molecule has 0 fully saturated rings. The third kappa shape index (κ3) is 4.91. The van der Waals surface area contributed by atoms with Crippen LogP contribution in [-0.2, 0) is 4.79 Å². The molecule has 0 aliphatic carbocycles. The van der Waals surface area contributed by atoms with Gasteiger partial charge in [-0.25, -0.2) is 0 Å². The van der Waals surface area contributed by atoms with Crippen LogP contribution in [0, 0.1) is 0 Å². The van der Waals surface area contributed by atoms with Gasteiger partial charge in [0.2, 0.25) is 5.91 Å². The fourth-order valence-electron chi connectivity index (χ4n) is 1.81. The number of carbonyl (C=O) groups is 2. The maximum atomic E-state index is 12.1. The lowest BCUT2D eigenvalue weighted by molar-refractivity contribution is -0.115. The Kier molecular flexibility index (Phi) is 7.01. The summed E-state index contributed by atoms with van der Waals surface area (Å²) in [5.74, 6) is 0.639. The molecule has 1 aromatic carbocycles. The predicted molar refractivity (Wildman–Crippen MR) is 88.5 cm³/mol. The molecule has 21 heavy (non-hydrogen) atoms. The standard InChI is InChI=1S/C14H19N3O2S.ClH/c1-9(15-2)8-16-14(19)10-3-4-12-11(7-10)17-13(18)5-6-20-12;/h3-4,7,9,15H,5-6,8H2,1-2H3,(H,16,19)(H,17,18);1H. The summed E-state index contributed by atoms with van der Waals surface area (Å²) in [4.78, 5) is 24.6. The highest BCUT2D eigenvalue weighted by Gasteiger charge is 2.15. The van der Waals surface area contributed by atoms with Gasteiger partial charge in [0.25, 0.3) is 5.91 Å². The fourth-order valence-corrected chi connectivity index (χ4v) is 2.75. The summed E-state index contributed by atoms with van der Waals surface area (Å²) >= 11 is 1.63. The van der Waals surface area contributed by atoms with Crippen LogP contribution in [0.3, 0.4) is 0 Å². The first-order valence-corrected chi connectivity index (χ1v) is 7.61. The second kappa shape index (κ2) is 8.26. The molecule has 116 valence electrons. The number of amides is 2. The van der Waals surface area contributed by atoms with Crippen molar-refractivity contribution in [3.8, 4) is 0 Å². The molecule has 1 aliphatic rings. The van der Waals surface area contributed by atoms with E-state index in [1.54, 1.807) is 23.9 Å². The van der Waals surface area contributed by atoms with E-state index in [4.69, 9.17) is 0 Å². The van der Waals surface area contributed by atoms with Crippen molar-refractivity contribution < 1.29 is 9.59 Å². The number of thioether (sulfide) groups is 1. The summed E-state index contributed by atoms with van der Waals surface area (Å²) in [6.07, 6.45) is 0.501. The Labute approximate surface area is 135 Å². The van der Waals surface area contributed by atoms with E-state index < -0.39 is 0 Å². The van der Waals surface area contributed by atoms with E-state index in [0.29, 0.717) is 18.5 Å². The Balaban J connectivity index is 0.00000220. The summed E-state index contributed by atoms with van der Waals surface area (Å²) < 4.78 is 0. The van der Waals surface area contributed by atoms with Gasteiger partial charge in [-0.05, 0) is 32.2 Å². The number of likely N-dealkylation sites (N-methyl/N-ethyl adjacent to an activating group) is 1. The topological polar surface area (TPSA) is 70.2 Å². The lowest BCUT2D eigenvalue weighted by Gasteiger charge is -2.12. The van der Waals surface area contributed by atoms with Crippen LogP contribution >= 0.6 is 24.2 Å². The zero-order valence-corrected chi connectivity index (χ0v) is 13.7. The highest BCUT2D eigenvalue weighted by Crippen LogP contribution is 2.31. The van der Waals surface area contributed by atoms with Crippen LogP contribution in [0.5, 0.6) is 0 Å². The lowest BCUT2D eigenvalue weighted by atomic mass is 10.1. The van der Waals surface area contributed by atoms with Gasteiger partial charge in [-0.2, -0.15) is 0 Å². The zero-order valence-electron chi connectivity index (χ0n) is 12.1. The highest BCUT2D eigenvalue weighted by molar-refractivity contribution is 7.99. The largest absolute Gasteiger partial charge is 0.350 e. The minimum atomic E-state index is -0.126. The summed E-state index contributed by atoms with van der Waals surface area (Å²) in [6.45, 7) is 2.56. The Bertz CT molecular complexity index is 525. The third-order valence-electron chi connectivity index (χ3n) is 3.16. The molecule has 5 nitrogen and oxygen atoms in total. The lowest BCUT2D eigenvalue weighted by Crippen LogP contribution is -2.37. The fraction of sp³-hybridized carbons (Fsp3) is 0.429. The maximum Gasteiger partial charge on any atom is 0.251 e. The molecule has 1 aliphatic heterocycles. The van der Waals surface area contributed by atoms with Gasteiger partial charge < -0.3 is 16.0 Å². The molecule has 1 unspecified atom stereocenters. The number of carbonyl (C=O) groups excluding carboxylic acids is 2. The summed E-state index contributed by atoms with van der Waals surface area (Å²) in [5, 5.41) is 8.76. The molecule has 0 saturated heterocycles. The van der Waals surface area contributed by atoms with Crippen molar-refractivity contribution in [3.05, 3.63) is 23.8 Å². The van der Waals surface area contributed by atoms with Crippen molar-refractivity contribution in [1.82, 2.24) is 10.6 Å². The van der Waals surface area contributed by atoms with Gasteiger partial charge in [0.15, 0.2) is 0 Å². The summed E-state index contributed by atoms with van der Waals surface area (Å²) in [7, 11) is 1.85. The van der Waals surface area contributed by atoms with Crippen LogP contribution in [0.25, 0.3) is 0 Å². The smallest absolute Gasteiger partial charge is 0.251 e. The first kappa shape index (κ1) is 17.8. The molecule has 0 bridgehead atoms. The molecule has 0 spiro atoms. The normalized spacial score (nSPS) is 15.0. The van der Waals surface area contributed by atoms with Crippen molar-refractivity contribution in [2.75, 3.05) is 24.7 Å². The van der Waals surface area contributed by atoms with Crippen molar-refractivity contribution in [2.45, 2.75) is 24.3 Å². The van der Waals surface area contributed by atoms with Crippen LogP contribution in [0.4, 0.5) is 5.69 Å². The quantitative estimate of drug-likeness (QED) is 0.789. The molecule has 0 saturated carbocycles. The Morgan fingerprint density at radius 1 is 1.48 bits per heavy atom. The number of halogens is 1. The van der Waals surface area contributed by atoms with Crippen LogP contribution in [0.2, 0.25) is 0 Å². The monoisotopic (exact) mass is 329 g/mol. The van der Waals surface area contributed by atoms with Gasteiger partial charge in [0, 0.05) is 35.2 Å². The predicted octanol–water partition coefficient (Wildman–Crippen LogP) is 1.88. The van der Waals surface area contributed by atoms with Gasteiger partial charge in [0.1, 0.15) is 0 Å². The van der Waals surface area contributed by atoms with Crippen molar-refractivity contribution in [3.63, 3.8) is 0 Å². The van der Waals surface area contributed by atoms with Crippen LogP contribution in [0.15, 0.2) is 23.1 Å². The number of nitrogens with one attached hydrogen (secondary N) is 3. The van der Waals surface area contributed by atoms with E-state index in [2.05, 4.69) is 16.0 Å². The Morgan fingerprint density at radius 2 is 2.24 bits per heavy atom. The van der Waals surface area contributed by atoms with Crippen molar-refractivity contribution in [2.24, 2.45) is 0 Å². The molecular weight excluding hydrogens is 310 g/mol. The number of anilines is 1. The van der Waals surface area contributed by atoms with Crippen molar-refractivity contribution in [1.29, 1.82) is 0 Å². The van der Waals surface area contributed by atoms with Gasteiger partial charge in [-0.3, -0.25) is 9.59 Å². The van der Waals surface area contributed by atoms with E-state index in [1.807, 2.05) is 20.0 Å². The number of benzene rings is 1. The first-order chi connectivity index (χ1) is 9.60. The average molecular weight is 330 g/mol. The van der Waals surface area contributed by atoms with Crippen LogP contribution in [0.1, 0.15) is 23.7 Å². The highest BCUT2D eigenvalue weighted by atomic mass is 35.5. The maximum absolute atomic E-state index is 12.1. The zero-order chi connectivity index (χ0) is 14.5. The Hall–Kier alpha value is -1.24. The minimum absolute atomic E-state index is 0. The van der Waals surface area contributed by atoms with E-state index in [-0.39, 0.29) is 30.3 Å². The molecule has 0 aromatic heterocycles. The molecule has 1 heterocycles. The van der Waals surface area contributed by atoms with Crippen LogP contribution in [-0.4, -0.2) is 37.2 Å². The van der Waals surface area contributed by atoms with Gasteiger partial charge in [0.05, 0.1) is 5.69 Å². The third-order valence-corrected chi connectivity index (χ3v) is 4.24. The molecule has 0 radical (unpaired) electrons. The van der Waals surface area contributed by atoms with Gasteiger partial charge in [-0.1, -0.05) is 0 Å². The molecular formula is C14H20ClN3O2S. The molecule has 1 atom stereocenters. The van der Waals surface area contributed by atoms with E-state index in [0.717, 1.165) is 16.3 Å². The minimum Gasteiger partial charge on any atom is -0.350 e. The number of hydrogen-bond acceptors (Lipinski definition) is 4. The van der Waals surface area contributed by atoms with Gasteiger partial charge in [-0.15, -0.1) is 24.2 Å². The van der Waals surface area contributed by atoms with E-state index >= 15 is 0 Å². The number of fused-ring (bicyclic) bond motifs is 1. The second-order valence-corrected chi connectivity index (χ2v) is 5.89. The first-order valence-electron chi connectivity index (χ1n) is 6.62. The van der Waals surface area contributed by atoms with Crippen molar-refractivity contribution >= 4 is 41.7 Å². The summed E-state index contributed by atoms with van der Waals surface area (Å²) in [5.41, 5.74) is 1.29. The van der Waals surface area contributed by atoms with E-state index in [9.17, 15) is 9.59 Å². The molecule has 1 aromatic rings.